The molecule has 0 unspecified atom stereocenters. The molecule has 1 saturated heterocycles. The minimum Gasteiger partial charge on any atom is -0.394 e. The Morgan fingerprint density at radius 3 is 2.46 bits per heavy atom. The van der Waals surface area contributed by atoms with Gasteiger partial charge in [-0.3, -0.25) is 28.8 Å². The second-order valence-corrected chi connectivity index (χ2v) is 10.6. The van der Waals surface area contributed by atoms with E-state index in [2.05, 4.69) is 26.2 Å². The van der Waals surface area contributed by atoms with E-state index >= 15 is 0 Å². The highest BCUT2D eigenvalue weighted by Gasteiger charge is 2.44. The number of nitrogens with zero attached hydrogens (tertiary/aromatic N) is 2. The van der Waals surface area contributed by atoms with Crippen LogP contribution in [0.4, 0.5) is 0 Å². The van der Waals surface area contributed by atoms with Crippen molar-refractivity contribution in [2.45, 2.75) is 50.2 Å². The molecule has 2 aromatic carbocycles. The van der Waals surface area contributed by atoms with Crippen LogP contribution in [-0.4, -0.2) is 74.4 Å². The molecule has 5 rings (SSSR count). The average Bonchev–Trinajstić information content (AvgIpc) is 3.23. The molecular weight excluding hydrogens is 572 g/mol. The van der Waals surface area contributed by atoms with Gasteiger partial charge in [-0.25, -0.2) is 4.79 Å². The predicted octanol–water partition coefficient (Wildman–Crippen LogP) is 1.52. The minimum atomic E-state index is -1.05. The van der Waals surface area contributed by atoms with Crippen LogP contribution in [0.3, 0.4) is 0 Å². The number of ether oxygens (including phenoxy) is 1. The summed E-state index contributed by atoms with van der Waals surface area (Å²) in [6.07, 6.45) is 1.44. The van der Waals surface area contributed by atoms with Crippen LogP contribution < -0.4 is 16.6 Å². The third kappa shape index (κ3) is 5.22. The second-order valence-electron chi connectivity index (χ2n) is 9.73. The number of aromatic amines is 1. The van der Waals surface area contributed by atoms with Crippen molar-refractivity contribution >= 4 is 38.5 Å². The number of benzene rings is 2. The van der Waals surface area contributed by atoms with Crippen molar-refractivity contribution in [1.29, 1.82) is 0 Å². The topological polar surface area (TPSA) is 154 Å². The molecular formula is C27H29BrN4O7. The van der Waals surface area contributed by atoms with Crippen molar-refractivity contribution in [3.05, 3.63) is 79.0 Å². The summed E-state index contributed by atoms with van der Waals surface area (Å²) in [5.41, 5.74) is -0.150. The molecule has 1 aromatic heterocycles. The normalized spacial score (nSPS) is 22.7. The Morgan fingerprint density at radius 1 is 0.974 bits per heavy atom. The van der Waals surface area contributed by atoms with Gasteiger partial charge in [0, 0.05) is 39.8 Å². The summed E-state index contributed by atoms with van der Waals surface area (Å²) in [6.45, 7) is 0.406. The quantitative estimate of drug-likeness (QED) is 0.202. The molecule has 4 atom stereocenters. The van der Waals surface area contributed by atoms with Gasteiger partial charge in [-0.2, -0.15) is 0 Å². The summed E-state index contributed by atoms with van der Waals surface area (Å²) in [5, 5.41) is 24.9. The zero-order chi connectivity index (χ0) is 27.7. The fraction of sp³-hybridized carbons (Fsp3) is 0.407. The summed E-state index contributed by atoms with van der Waals surface area (Å²) in [5.74, 6) is -0.565. The molecule has 0 radical (unpaired) electrons. The van der Waals surface area contributed by atoms with Gasteiger partial charge in [0.15, 0.2) is 6.23 Å². The molecule has 206 valence electrons. The third-order valence-corrected chi connectivity index (χ3v) is 7.99. The number of halogens is 1. The molecule has 0 spiro atoms. The number of H-pyrrole nitrogens is 1. The Bertz CT molecular complexity index is 1500. The summed E-state index contributed by atoms with van der Waals surface area (Å²) >= 11 is 3.50. The minimum absolute atomic E-state index is 0.282. The maximum Gasteiger partial charge on any atom is 0.330 e. The summed E-state index contributed by atoms with van der Waals surface area (Å²) in [7, 11) is 0. The van der Waals surface area contributed by atoms with Crippen molar-refractivity contribution in [3.8, 4) is 0 Å². The van der Waals surface area contributed by atoms with Gasteiger partial charge in [0.1, 0.15) is 12.2 Å². The van der Waals surface area contributed by atoms with Crippen LogP contribution >= 0.6 is 15.9 Å². The van der Waals surface area contributed by atoms with Crippen molar-refractivity contribution in [2.24, 2.45) is 0 Å². The van der Waals surface area contributed by atoms with Crippen LogP contribution in [0.1, 0.15) is 52.6 Å². The Hall–Kier alpha value is -3.16. The van der Waals surface area contributed by atoms with E-state index in [0.717, 1.165) is 29.1 Å². The van der Waals surface area contributed by atoms with Crippen molar-refractivity contribution in [3.63, 3.8) is 0 Å². The van der Waals surface area contributed by atoms with E-state index in [-0.39, 0.29) is 11.8 Å². The molecule has 12 heteroatoms. The molecule has 0 bridgehead atoms. The zero-order valence-corrected chi connectivity index (χ0v) is 22.6. The van der Waals surface area contributed by atoms with Gasteiger partial charge in [-0.1, -0.05) is 40.9 Å². The van der Waals surface area contributed by atoms with Gasteiger partial charge < -0.3 is 20.3 Å². The van der Waals surface area contributed by atoms with Gasteiger partial charge in [-0.05, 0) is 43.0 Å². The Labute approximate surface area is 231 Å². The van der Waals surface area contributed by atoms with E-state index in [0.29, 0.717) is 36.0 Å². The monoisotopic (exact) mass is 600 g/mol. The predicted molar refractivity (Wildman–Crippen MR) is 146 cm³/mol. The molecule has 0 saturated carbocycles. The fourth-order valence-corrected chi connectivity index (χ4v) is 5.78. The van der Waals surface area contributed by atoms with Crippen molar-refractivity contribution in [1.82, 2.24) is 19.8 Å². The molecule has 3 aromatic rings. The number of aromatic nitrogens is 2. The Kier molecular flexibility index (Phi) is 8.10. The third-order valence-electron chi connectivity index (χ3n) is 7.30. The Morgan fingerprint density at radius 2 is 1.72 bits per heavy atom. The second kappa shape index (κ2) is 11.5. The average molecular weight is 601 g/mol. The number of nitrogens with one attached hydrogen (secondary N) is 2. The highest BCUT2D eigenvalue weighted by molar-refractivity contribution is 9.10. The van der Waals surface area contributed by atoms with Gasteiger partial charge in [0.25, 0.3) is 17.4 Å². The van der Waals surface area contributed by atoms with E-state index in [4.69, 9.17) is 4.74 Å². The van der Waals surface area contributed by atoms with Crippen LogP contribution in [0.15, 0.2) is 56.7 Å². The first-order valence-corrected chi connectivity index (χ1v) is 13.7. The lowest BCUT2D eigenvalue weighted by atomic mass is 9.94. The first kappa shape index (κ1) is 27.4. The molecule has 4 N–H and O–H groups in total. The number of imide groups is 1. The van der Waals surface area contributed by atoms with Gasteiger partial charge in [0.05, 0.1) is 12.6 Å². The number of aliphatic hydroxyl groups excluding tert-OH is 2. The smallest absolute Gasteiger partial charge is 0.330 e. The van der Waals surface area contributed by atoms with E-state index in [1.165, 1.54) is 21.7 Å². The first-order chi connectivity index (χ1) is 18.8. The summed E-state index contributed by atoms with van der Waals surface area (Å²) in [4.78, 5) is 53.3. The highest BCUT2D eigenvalue weighted by atomic mass is 79.9. The van der Waals surface area contributed by atoms with E-state index in [1.807, 2.05) is 18.2 Å². The number of rotatable bonds is 10. The zero-order valence-electron chi connectivity index (χ0n) is 21.0. The summed E-state index contributed by atoms with van der Waals surface area (Å²) in [6, 6.07) is 9.56. The molecule has 1 fully saturated rings. The number of hydrogen-bond donors (Lipinski definition) is 4. The van der Waals surface area contributed by atoms with Gasteiger partial charge in [-0.15, -0.1) is 0 Å². The molecule has 0 aliphatic carbocycles. The van der Waals surface area contributed by atoms with Crippen molar-refractivity contribution < 1.29 is 24.5 Å². The maximum atomic E-state index is 13.1. The Balaban J connectivity index is 1.13. The van der Waals surface area contributed by atoms with Crippen LogP contribution in [0.2, 0.25) is 0 Å². The molecule has 11 nitrogen and oxygen atoms in total. The number of carbonyl (C=O) groups is 2. The van der Waals surface area contributed by atoms with Gasteiger partial charge >= 0.3 is 5.69 Å². The lowest BCUT2D eigenvalue weighted by Gasteiger charge is -2.27. The van der Waals surface area contributed by atoms with E-state index < -0.39 is 42.3 Å². The number of aliphatic hydroxyl groups is 2. The SMILES string of the molecule is O=C1c2cccc3c(Br)ccc(c23)C(=O)N1CCCCCCN[C@@H]1[C@H](O)[C@@H](CO)O[C@H]1n1ccc(=O)[nH]c1=O. The number of unbranched alkanes of at least 4 members (excludes halogenated alkanes) is 3. The summed E-state index contributed by atoms with van der Waals surface area (Å²) < 4.78 is 7.71. The first-order valence-electron chi connectivity index (χ1n) is 12.9. The number of carbonyl (C=O) groups excluding carboxylic acids is 2. The maximum absolute atomic E-state index is 13.1. The molecule has 39 heavy (non-hydrogen) atoms. The largest absolute Gasteiger partial charge is 0.394 e. The standard InChI is InChI=1S/C27H29BrN4O7/c28-18-9-8-17-21-15(18)6-5-7-16(21)24(36)31(25(17)37)12-4-2-1-3-11-29-22-23(35)19(14-33)39-26(22)32-13-10-20(34)30-27(32)38/h5-10,13,19,22-23,26,29,33,35H,1-4,11-12,14H2,(H,30,34,38)/t19-,22-,23-,26-/m1/s1. The molecule has 2 aliphatic heterocycles. The van der Waals surface area contributed by atoms with Crippen LogP contribution in [-0.2, 0) is 4.74 Å². The lowest BCUT2D eigenvalue weighted by Crippen LogP contribution is -2.46. The van der Waals surface area contributed by atoms with Gasteiger partial charge in [0.2, 0.25) is 0 Å². The van der Waals surface area contributed by atoms with Crippen LogP contribution in [0.25, 0.3) is 10.8 Å². The van der Waals surface area contributed by atoms with E-state index in [9.17, 15) is 29.4 Å². The number of amides is 2. The molecule has 2 amide bonds. The lowest BCUT2D eigenvalue weighted by molar-refractivity contribution is -0.0470. The molecule has 2 aliphatic rings. The fourth-order valence-electron chi connectivity index (χ4n) is 5.31. The highest BCUT2D eigenvalue weighted by Crippen LogP contribution is 2.34. The van der Waals surface area contributed by atoms with Crippen LogP contribution in [0, 0.1) is 0 Å². The number of hydrogen-bond acceptors (Lipinski definition) is 8. The molecule has 3 heterocycles. The van der Waals surface area contributed by atoms with Crippen LogP contribution in [0.5, 0.6) is 0 Å². The van der Waals surface area contributed by atoms with Crippen molar-refractivity contribution in [2.75, 3.05) is 19.7 Å². The van der Waals surface area contributed by atoms with E-state index in [1.54, 1.807) is 12.1 Å².